The molecule has 1 aliphatic heterocycles. The van der Waals surface area contributed by atoms with Crippen molar-refractivity contribution in [2.45, 2.75) is 19.0 Å². The standard InChI is InChI=1S/C16H20N4O3S/c1-19(16(21)18-14-7-8-24(22,23)12-14)10-13-9-17-20(11-13)15-5-3-2-4-6-15/h2-6,9,11,14H,7-8,10,12H2,1H3,(H,18,21)/t14-/m0/s1. The van der Waals surface area contributed by atoms with Gasteiger partial charge in [-0.3, -0.25) is 0 Å². The van der Waals surface area contributed by atoms with Crippen LogP contribution in [-0.2, 0) is 16.4 Å². The van der Waals surface area contributed by atoms with Crippen LogP contribution in [0.1, 0.15) is 12.0 Å². The summed E-state index contributed by atoms with van der Waals surface area (Å²) in [4.78, 5) is 13.7. The monoisotopic (exact) mass is 348 g/mol. The van der Waals surface area contributed by atoms with E-state index in [4.69, 9.17) is 0 Å². The Morgan fingerprint density at radius 1 is 1.38 bits per heavy atom. The van der Waals surface area contributed by atoms with Crippen molar-refractivity contribution in [2.24, 2.45) is 0 Å². The lowest BCUT2D eigenvalue weighted by Gasteiger charge is -2.19. The summed E-state index contributed by atoms with van der Waals surface area (Å²) in [6, 6.07) is 9.15. The van der Waals surface area contributed by atoms with Crippen LogP contribution in [0.5, 0.6) is 0 Å². The van der Waals surface area contributed by atoms with E-state index in [1.165, 1.54) is 4.90 Å². The smallest absolute Gasteiger partial charge is 0.317 e. The normalized spacial score (nSPS) is 19.1. The van der Waals surface area contributed by atoms with Gasteiger partial charge in [-0.05, 0) is 18.6 Å². The molecule has 0 bridgehead atoms. The maximum absolute atomic E-state index is 12.2. The van der Waals surface area contributed by atoms with Crippen molar-refractivity contribution in [2.75, 3.05) is 18.6 Å². The van der Waals surface area contributed by atoms with Crippen LogP contribution in [0.3, 0.4) is 0 Å². The third kappa shape index (κ3) is 3.94. The number of amides is 2. The molecule has 2 heterocycles. The van der Waals surface area contributed by atoms with Gasteiger partial charge in [-0.1, -0.05) is 18.2 Å². The maximum Gasteiger partial charge on any atom is 0.317 e. The Kier molecular flexibility index (Phi) is 4.57. The van der Waals surface area contributed by atoms with Crippen LogP contribution >= 0.6 is 0 Å². The largest absolute Gasteiger partial charge is 0.334 e. The first-order valence-corrected chi connectivity index (χ1v) is 9.56. The van der Waals surface area contributed by atoms with Gasteiger partial charge in [-0.2, -0.15) is 5.10 Å². The van der Waals surface area contributed by atoms with Crippen molar-refractivity contribution in [3.8, 4) is 5.69 Å². The van der Waals surface area contributed by atoms with Gasteiger partial charge in [0.05, 0.1) is 29.9 Å². The van der Waals surface area contributed by atoms with Crippen molar-refractivity contribution >= 4 is 15.9 Å². The van der Waals surface area contributed by atoms with Crippen LogP contribution in [0.25, 0.3) is 5.69 Å². The van der Waals surface area contributed by atoms with Gasteiger partial charge in [-0.25, -0.2) is 17.9 Å². The molecule has 128 valence electrons. The first-order chi connectivity index (χ1) is 11.4. The van der Waals surface area contributed by atoms with Crippen LogP contribution in [0.2, 0.25) is 0 Å². The van der Waals surface area contributed by atoms with E-state index in [0.717, 1.165) is 11.3 Å². The molecule has 1 aromatic heterocycles. The van der Waals surface area contributed by atoms with Gasteiger partial charge < -0.3 is 10.2 Å². The van der Waals surface area contributed by atoms with Crippen molar-refractivity contribution in [3.63, 3.8) is 0 Å². The summed E-state index contributed by atoms with van der Waals surface area (Å²) >= 11 is 0. The zero-order valence-electron chi connectivity index (χ0n) is 13.4. The minimum Gasteiger partial charge on any atom is -0.334 e. The van der Waals surface area contributed by atoms with E-state index >= 15 is 0 Å². The highest BCUT2D eigenvalue weighted by Gasteiger charge is 2.29. The minimum atomic E-state index is -3.00. The van der Waals surface area contributed by atoms with Crippen LogP contribution < -0.4 is 5.32 Å². The van der Waals surface area contributed by atoms with Gasteiger partial charge >= 0.3 is 6.03 Å². The fraction of sp³-hybridized carbons (Fsp3) is 0.375. The molecule has 24 heavy (non-hydrogen) atoms. The summed E-state index contributed by atoms with van der Waals surface area (Å²) in [6.07, 6.45) is 4.07. The van der Waals surface area contributed by atoms with Crippen LogP contribution in [0.15, 0.2) is 42.7 Å². The number of carbonyl (C=O) groups is 1. The lowest BCUT2D eigenvalue weighted by atomic mass is 10.3. The summed E-state index contributed by atoms with van der Waals surface area (Å²) in [5, 5.41) is 7.07. The molecule has 2 amide bonds. The van der Waals surface area contributed by atoms with Crippen LogP contribution in [0, 0.1) is 0 Å². The van der Waals surface area contributed by atoms with Crippen LogP contribution in [-0.4, -0.2) is 53.7 Å². The quantitative estimate of drug-likeness (QED) is 0.900. The van der Waals surface area contributed by atoms with E-state index < -0.39 is 9.84 Å². The number of nitrogens with zero attached hydrogens (tertiary/aromatic N) is 3. The Labute approximate surface area is 141 Å². The zero-order chi connectivity index (χ0) is 17.2. The van der Waals surface area contributed by atoms with E-state index in [1.807, 2.05) is 36.5 Å². The fourth-order valence-electron chi connectivity index (χ4n) is 2.70. The first kappa shape index (κ1) is 16.5. The van der Waals surface area contributed by atoms with E-state index in [0.29, 0.717) is 13.0 Å². The summed E-state index contributed by atoms with van der Waals surface area (Å²) in [6.45, 7) is 0.401. The number of nitrogens with one attached hydrogen (secondary N) is 1. The topological polar surface area (TPSA) is 84.3 Å². The van der Waals surface area contributed by atoms with Crippen molar-refractivity contribution < 1.29 is 13.2 Å². The van der Waals surface area contributed by atoms with Gasteiger partial charge in [0.15, 0.2) is 9.84 Å². The molecular formula is C16H20N4O3S. The second kappa shape index (κ2) is 6.64. The number of urea groups is 1. The van der Waals surface area contributed by atoms with Gasteiger partial charge in [0, 0.05) is 24.8 Å². The van der Waals surface area contributed by atoms with Crippen molar-refractivity contribution in [3.05, 3.63) is 48.3 Å². The molecule has 8 heteroatoms. The Morgan fingerprint density at radius 2 is 2.12 bits per heavy atom. The maximum atomic E-state index is 12.2. The highest BCUT2D eigenvalue weighted by molar-refractivity contribution is 7.91. The fourth-order valence-corrected chi connectivity index (χ4v) is 4.38. The van der Waals surface area contributed by atoms with Gasteiger partial charge in [-0.15, -0.1) is 0 Å². The molecule has 7 nitrogen and oxygen atoms in total. The molecule has 1 aromatic carbocycles. The minimum absolute atomic E-state index is 0.0263. The second-order valence-corrected chi connectivity index (χ2v) is 8.26. The Balaban J connectivity index is 1.58. The third-order valence-corrected chi connectivity index (χ3v) is 5.75. The summed E-state index contributed by atoms with van der Waals surface area (Å²) in [5.41, 5.74) is 1.85. The molecule has 0 saturated carbocycles. The average Bonchev–Trinajstić information content (AvgIpc) is 3.14. The molecule has 1 fully saturated rings. The number of carbonyl (C=O) groups excluding carboxylic acids is 1. The predicted molar refractivity (Wildman–Crippen MR) is 90.6 cm³/mol. The highest BCUT2D eigenvalue weighted by Crippen LogP contribution is 2.12. The molecule has 0 aliphatic carbocycles. The number of para-hydroxylation sites is 1. The molecule has 2 aromatic rings. The van der Waals surface area contributed by atoms with Crippen molar-refractivity contribution in [1.82, 2.24) is 20.0 Å². The van der Waals surface area contributed by atoms with Gasteiger partial charge in [0.25, 0.3) is 0 Å². The molecule has 0 radical (unpaired) electrons. The number of hydrogen-bond acceptors (Lipinski definition) is 4. The molecule has 0 unspecified atom stereocenters. The van der Waals surface area contributed by atoms with E-state index in [-0.39, 0.29) is 23.6 Å². The van der Waals surface area contributed by atoms with Gasteiger partial charge in [0.2, 0.25) is 0 Å². The van der Waals surface area contributed by atoms with Crippen molar-refractivity contribution in [1.29, 1.82) is 0 Å². The first-order valence-electron chi connectivity index (χ1n) is 7.74. The Hall–Kier alpha value is -2.35. The lowest BCUT2D eigenvalue weighted by molar-refractivity contribution is 0.203. The summed E-state index contributed by atoms with van der Waals surface area (Å²) < 4.78 is 24.6. The van der Waals surface area contributed by atoms with E-state index in [2.05, 4.69) is 10.4 Å². The Morgan fingerprint density at radius 3 is 2.79 bits per heavy atom. The number of aromatic nitrogens is 2. The molecule has 1 N–H and O–H groups in total. The summed E-state index contributed by atoms with van der Waals surface area (Å²) in [7, 11) is -1.32. The predicted octanol–water partition coefficient (Wildman–Crippen LogP) is 1.20. The summed E-state index contributed by atoms with van der Waals surface area (Å²) in [5.74, 6) is 0.171. The molecule has 1 saturated heterocycles. The van der Waals surface area contributed by atoms with Crippen LogP contribution in [0.4, 0.5) is 4.79 Å². The van der Waals surface area contributed by atoms with E-state index in [1.54, 1.807) is 17.9 Å². The number of hydrogen-bond donors (Lipinski definition) is 1. The number of benzene rings is 1. The molecule has 1 atom stereocenters. The molecule has 1 aliphatic rings. The zero-order valence-corrected chi connectivity index (χ0v) is 14.2. The molecule has 3 rings (SSSR count). The average molecular weight is 348 g/mol. The number of rotatable bonds is 4. The van der Waals surface area contributed by atoms with Gasteiger partial charge in [0.1, 0.15) is 0 Å². The highest BCUT2D eigenvalue weighted by atomic mass is 32.2. The molecular weight excluding hydrogens is 328 g/mol. The Bertz CT molecular complexity index is 817. The number of sulfone groups is 1. The second-order valence-electron chi connectivity index (χ2n) is 6.03. The molecule has 0 spiro atoms. The third-order valence-electron chi connectivity index (χ3n) is 3.98. The van der Waals surface area contributed by atoms with E-state index in [9.17, 15) is 13.2 Å². The lowest BCUT2D eigenvalue weighted by Crippen LogP contribution is -2.43. The SMILES string of the molecule is CN(Cc1cnn(-c2ccccc2)c1)C(=O)N[C@H]1CCS(=O)(=O)C1.